The Morgan fingerprint density at radius 1 is 1.38 bits per heavy atom. The van der Waals surface area contributed by atoms with Crippen LogP contribution in [0.15, 0.2) is 27.6 Å². The van der Waals surface area contributed by atoms with Crippen LogP contribution in [-0.2, 0) is 9.84 Å². The fourth-order valence-electron chi connectivity index (χ4n) is 2.26. The number of rotatable bonds is 2. The largest absolute Gasteiger partial charge is 0.333 e. The Bertz CT molecular complexity index is 676. The molecule has 1 heterocycles. The van der Waals surface area contributed by atoms with Crippen molar-refractivity contribution in [1.82, 2.24) is 4.90 Å². The van der Waals surface area contributed by atoms with Gasteiger partial charge in [0.15, 0.2) is 9.84 Å². The van der Waals surface area contributed by atoms with Gasteiger partial charge in [0.25, 0.3) is 11.8 Å². The van der Waals surface area contributed by atoms with Crippen LogP contribution in [-0.4, -0.2) is 44.5 Å². The summed E-state index contributed by atoms with van der Waals surface area (Å²) in [5.41, 5.74) is 0.187. The first-order chi connectivity index (χ1) is 9.60. The van der Waals surface area contributed by atoms with Gasteiger partial charge in [-0.25, -0.2) is 17.2 Å². The molecule has 0 bridgehead atoms. The van der Waals surface area contributed by atoms with Crippen LogP contribution in [0.4, 0.5) is 8.78 Å². The van der Waals surface area contributed by atoms with Crippen molar-refractivity contribution in [2.75, 3.05) is 19.3 Å². The molecule has 0 spiro atoms. The molecule has 2 rings (SSSR count). The Morgan fingerprint density at radius 3 is 2.57 bits per heavy atom. The highest BCUT2D eigenvalue weighted by atomic mass is 79.9. The van der Waals surface area contributed by atoms with Crippen LogP contribution >= 0.6 is 15.9 Å². The number of hydrogen-bond donors (Lipinski definition) is 0. The number of carbonyl (C=O) groups is 1. The van der Waals surface area contributed by atoms with Gasteiger partial charge in [0.1, 0.15) is 0 Å². The number of halogens is 3. The smallest absolute Gasteiger partial charge is 0.265 e. The Balaban J connectivity index is 2.26. The van der Waals surface area contributed by atoms with E-state index in [1.165, 1.54) is 18.2 Å². The standard InChI is InChI=1S/C13H14BrF2NO3S/c1-21(19,20)11-4-3-9(7-10(11)14)12(18)17-6-2-5-13(15,16)8-17/h3-4,7H,2,5-6,8H2,1H3. The van der Waals surface area contributed by atoms with E-state index in [0.29, 0.717) is 0 Å². The van der Waals surface area contributed by atoms with Crippen molar-refractivity contribution in [2.24, 2.45) is 0 Å². The monoisotopic (exact) mass is 381 g/mol. The topological polar surface area (TPSA) is 54.5 Å². The van der Waals surface area contributed by atoms with Gasteiger partial charge in [-0.05, 0) is 40.5 Å². The average Bonchev–Trinajstić information content (AvgIpc) is 2.35. The van der Waals surface area contributed by atoms with E-state index >= 15 is 0 Å². The minimum atomic E-state index is -3.41. The van der Waals surface area contributed by atoms with Crippen molar-refractivity contribution in [3.8, 4) is 0 Å². The van der Waals surface area contributed by atoms with Crippen molar-refractivity contribution in [2.45, 2.75) is 23.7 Å². The third-order valence-electron chi connectivity index (χ3n) is 3.26. The van der Waals surface area contributed by atoms with Gasteiger partial charge in [-0.15, -0.1) is 0 Å². The molecule has 4 nitrogen and oxygen atoms in total. The maximum atomic E-state index is 13.3. The predicted octanol–water partition coefficient (Wildman–Crippen LogP) is 2.72. The van der Waals surface area contributed by atoms with Gasteiger partial charge in [-0.1, -0.05) is 0 Å². The molecule has 0 unspecified atom stereocenters. The highest BCUT2D eigenvalue weighted by molar-refractivity contribution is 9.10. The number of benzene rings is 1. The van der Waals surface area contributed by atoms with E-state index in [1.54, 1.807) is 0 Å². The van der Waals surface area contributed by atoms with Crippen molar-refractivity contribution >= 4 is 31.7 Å². The number of piperidine rings is 1. The van der Waals surface area contributed by atoms with Gasteiger partial charge in [0, 0.05) is 29.3 Å². The zero-order chi connectivity index (χ0) is 15.8. The summed E-state index contributed by atoms with van der Waals surface area (Å²) in [4.78, 5) is 13.4. The van der Waals surface area contributed by atoms with Gasteiger partial charge in [-0.3, -0.25) is 4.79 Å². The second-order valence-corrected chi connectivity index (χ2v) is 7.94. The molecule has 0 radical (unpaired) electrons. The minimum Gasteiger partial charge on any atom is -0.333 e. The van der Waals surface area contributed by atoms with E-state index in [0.717, 1.165) is 11.2 Å². The van der Waals surface area contributed by atoms with E-state index in [2.05, 4.69) is 15.9 Å². The highest BCUT2D eigenvalue weighted by Crippen LogP contribution is 2.29. The second kappa shape index (κ2) is 5.64. The van der Waals surface area contributed by atoms with Gasteiger partial charge in [0.2, 0.25) is 0 Å². The minimum absolute atomic E-state index is 0.0584. The molecule has 0 saturated carbocycles. The number of amides is 1. The lowest BCUT2D eigenvalue weighted by atomic mass is 10.1. The number of hydrogen-bond acceptors (Lipinski definition) is 3. The SMILES string of the molecule is CS(=O)(=O)c1ccc(C(=O)N2CCCC(F)(F)C2)cc1Br. The molecule has 0 aliphatic carbocycles. The van der Waals surface area contributed by atoms with E-state index in [4.69, 9.17) is 0 Å². The molecule has 21 heavy (non-hydrogen) atoms. The molecule has 1 aromatic rings. The molecule has 1 fully saturated rings. The summed E-state index contributed by atoms with van der Waals surface area (Å²) in [6.07, 6.45) is 1.09. The molecule has 1 saturated heterocycles. The molecular formula is C13H14BrF2NO3S. The zero-order valence-electron chi connectivity index (χ0n) is 11.3. The quantitative estimate of drug-likeness (QED) is 0.791. The fourth-order valence-corrected chi connectivity index (χ4v) is 4.25. The number of nitrogens with zero attached hydrogens (tertiary/aromatic N) is 1. The van der Waals surface area contributed by atoms with Gasteiger partial charge >= 0.3 is 0 Å². The van der Waals surface area contributed by atoms with Crippen LogP contribution < -0.4 is 0 Å². The summed E-state index contributed by atoms with van der Waals surface area (Å²) >= 11 is 3.10. The Labute approximate surface area is 130 Å². The van der Waals surface area contributed by atoms with Crippen molar-refractivity contribution < 1.29 is 22.0 Å². The number of alkyl halides is 2. The molecule has 1 aliphatic rings. The maximum Gasteiger partial charge on any atom is 0.265 e. The molecule has 0 aromatic heterocycles. The molecule has 0 atom stereocenters. The van der Waals surface area contributed by atoms with E-state index in [-0.39, 0.29) is 34.3 Å². The number of sulfone groups is 1. The summed E-state index contributed by atoms with van der Waals surface area (Å²) in [6, 6.07) is 4.00. The number of carbonyl (C=O) groups excluding carboxylic acids is 1. The first kappa shape index (κ1) is 16.4. The predicted molar refractivity (Wildman–Crippen MR) is 77.3 cm³/mol. The maximum absolute atomic E-state index is 13.3. The summed E-state index contributed by atoms with van der Waals surface area (Å²) in [7, 11) is -3.41. The summed E-state index contributed by atoms with van der Waals surface area (Å²) in [6.45, 7) is -0.322. The molecule has 1 amide bonds. The normalized spacial score (nSPS) is 18.6. The van der Waals surface area contributed by atoms with Crippen LogP contribution in [0.1, 0.15) is 23.2 Å². The van der Waals surface area contributed by atoms with E-state index in [9.17, 15) is 22.0 Å². The number of likely N-dealkylation sites (tertiary alicyclic amines) is 1. The first-order valence-corrected chi connectivity index (χ1v) is 8.95. The molecule has 0 N–H and O–H groups in total. The Hall–Kier alpha value is -1.02. The Kier molecular flexibility index (Phi) is 4.39. The van der Waals surface area contributed by atoms with Crippen LogP contribution in [0, 0.1) is 0 Å². The van der Waals surface area contributed by atoms with Crippen molar-refractivity contribution in [3.63, 3.8) is 0 Å². The third kappa shape index (κ3) is 3.79. The molecule has 1 aliphatic heterocycles. The highest BCUT2D eigenvalue weighted by Gasteiger charge is 2.37. The van der Waals surface area contributed by atoms with Crippen LogP contribution in [0.5, 0.6) is 0 Å². The van der Waals surface area contributed by atoms with Crippen LogP contribution in [0.3, 0.4) is 0 Å². The lowest BCUT2D eigenvalue weighted by Gasteiger charge is -2.32. The average molecular weight is 382 g/mol. The zero-order valence-corrected chi connectivity index (χ0v) is 13.7. The lowest BCUT2D eigenvalue weighted by molar-refractivity contribution is -0.0560. The lowest BCUT2D eigenvalue weighted by Crippen LogP contribution is -2.45. The third-order valence-corrected chi connectivity index (χ3v) is 5.33. The fraction of sp³-hybridized carbons (Fsp3) is 0.462. The van der Waals surface area contributed by atoms with Crippen LogP contribution in [0.2, 0.25) is 0 Å². The van der Waals surface area contributed by atoms with E-state index in [1.807, 2.05) is 0 Å². The molecule has 1 aromatic carbocycles. The van der Waals surface area contributed by atoms with Gasteiger partial charge < -0.3 is 4.90 Å². The van der Waals surface area contributed by atoms with Crippen LogP contribution in [0.25, 0.3) is 0 Å². The Morgan fingerprint density at radius 2 is 2.05 bits per heavy atom. The molecule has 116 valence electrons. The van der Waals surface area contributed by atoms with Gasteiger partial charge in [-0.2, -0.15) is 0 Å². The van der Waals surface area contributed by atoms with E-state index < -0.39 is 28.2 Å². The first-order valence-electron chi connectivity index (χ1n) is 6.27. The summed E-state index contributed by atoms with van der Waals surface area (Å²) in [5, 5.41) is 0. The summed E-state index contributed by atoms with van der Waals surface area (Å²) in [5.74, 6) is -3.38. The van der Waals surface area contributed by atoms with Crippen molar-refractivity contribution in [3.05, 3.63) is 28.2 Å². The molecular weight excluding hydrogens is 368 g/mol. The van der Waals surface area contributed by atoms with Gasteiger partial charge in [0.05, 0.1) is 11.4 Å². The molecule has 8 heteroatoms. The second-order valence-electron chi connectivity index (χ2n) is 5.10. The van der Waals surface area contributed by atoms with Crippen molar-refractivity contribution in [1.29, 1.82) is 0 Å². The summed E-state index contributed by atoms with van der Waals surface area (Å²) < 4.78 is 49.9.